The molecule has 4 heteroatoms. The molecule has 1 aromatic carbocycles. The summed E-state index contributed by atoms with van der Waals surface area (Å²) in [4.78, 5) is 0. The molecule has 4 rings (SSSR count). The van der Waals surface area contributed by atoms with Gasteiger partial charge in [0.15, 0.2) is 0 Å². The molecule has 0 saturated carbocycles. The average molecular weight is 278 g/mol. The van der Waals surface area contributed by atoms with Crippen LogP contribution in [-0.4, -0.2) is 21.7 Å². The van der Waals surface area contributed by atoms with Gasteiger partial charge in [0.1, 0.15) is 6.04 Å². The van der Waals surface area contributed by atoms with Crippen LogP contribution < -0.4 is 0 Å². The van der Waals surface area contributed by atoms with Crippen LogP contribution >= 0.6 is 0 Å². The molecule has 21 heavy (non-hydrogen) atoms. The first-order valence-corrected chi connectivity index (χ1v) is 7.34. The molecule has 106 valence electrons. The number of rotatable bonds is 2. The molecule has 0 bridgehead atoms. The van der Waals surface area contributed by atoms with E-state index < -0.39 is 0 Å². The van der Waals surface area contributed by atoms with Crippen molar-refractivity contribution in [2.24, 2.45) is 17.4 Å². The smallest absolute Gasteiger partial charge is 0.117 e. The lowest BCUT2D eigenvalue weighted by atomic mass is 10.0. The second-order valence-corrected chi connectivity index (χ2v) is 5.70. The summed E-state index contributed by atoms with van der Waals surface area (Å²) in [5.41, 5.74) is 2.52. The van der Waals surface area contributed by atoms with E-state index in [4.69, 9.17) is 0 Å². The van der Waals surface area contributed by atoms with Crippen molar-refractivity contribution in [3.8, 4) is 0 Å². The summed E-state index contributed by atoms with van der Waals surface area (Å²) in [5.74, 6) is 0. The molecule has 1 aliphatic heterocycles. The van der Waals surface area contributed by atoms with Gasteiger partial charge in [0.25, 0.3) is 0 Å². The second-order valence-electron chi connectivity index (χ2n) is 5.70. The van der Waals surface area contributed by atoms with Crippen molar-refractivity contribution in [1.82, 2.24) is 9.58 Å². The zero-order valence-electron chi connectivity index (χ0n) is 12.2. The molecule has 2 aromatic rings. The summed E-state index contributed by atoms with van der Waals surface area (Å²) in [6.45, 7) is 2.20. The van der Waals surface area contributed by atoms with Crippen LogP contribution in [0.15, 0.2) is 65.0 Å². The second kappa shape index (κ2) is 4.58. The predicted octanol–water partition coefficient (Wildman–Crippen LogP) is 3.79. The third kappa shape index (κ3) is 1.82. The predicted molar refractivity (Wildman–Crippen MR) is 83.9 cm³/mol. The van der Waals surface area contributed by atoms with E-state index in [9.17, 15) is 0 Å². The van der Waals surface area contributed by atoms with Gasteiger partial charge >= 0.3 is 0 Å². The van der Waals surface area contributed by atoms with Crippen molar-refractivity contribution in [2.75, 3.05) is 0 Å². The minimum absolute atomic E-state index is 0.159. The van der Waals surface area contributed by atoms with Gasteiger partial charge in [-0.15, -0.1) is 0 Å². The monoisotopic (exact) mass is 278 g/mol. The minimum atomic E-state index is 0.159. The van der Waals surface area contributed by atoms with E-state index >= 15 is 0 Å². The average Bonchev–Trinajstić information content (AvgIpc) is 3.09. The van der Waals surface area contributed by atoms with Crippen LogP contribution in [0.2, 0.25) is 0 Å². The Hall–Kier alpha value is -2.36. The third-order valence-electron chi connectivity index (χ3n) is 4.48. The van der Waals surface area contributed by atoms with E-state index in [1.807, 2.05) is 6.08 Å². The Labute approximate surface area is 124 Å². The van der Waals surface area contributed by atoms with E-state index in [1.165, 1.54) is 16.6 Å². The Morgan fingerprint density at radius 2 is 1.95 bits per heavy atom. The summed E-state index contributed by atoms with van der Waals surface area (Å²) in [5, 5.41) is 12.2. The Morgan fingerprint density at radius 3 is 2.81 bits per heavy atom. The van der Waals surface area contributed by atoms with Gasteiger partial charge in [-0.1, -0.05) is 47.7 Å². The first kappa shape index (κ1) is 12.4. The number of hydrogen-bond donors (Lipinski definition) is 0. The molecule has 2 heterocycles. The first-order valence-electron chi connectivity index (χ1n) is 7.34. The lowest BCUT2D eigenvalue weighted by molar-refractivity contribution is 0.192. The van der Waals surface area contributed by atoms with Crippen LogP contribution in [0.25, 0.3) is 10.9 Å². The maximum Gasteiger partial charge on any atom is 0.117 e. The third-order valence-corrected chi connectivity index (χ3v) is 4.48. The fraction of sp³-hybridized carbons (Fsp3) is 0.294. The molecular formula is C17H18N4. The largest absolute Gasteiger partial charge is 0.346 e. The molecule has 4 nitrogen and oxygen atoms in total. The molecule has 1 aliphatic carbocycles. The van der Waals surface area contributed by atoms with Gasteiger partial charge in [-0.2, -0.15) is 5.11 Å². The molecule has 0 spiro atoms. The Kier molecular flexibility index (Phi) is 2.70. The van der Waals surface area contributed by atoms with Crippen molar-refractivity contribution in [1.29, 1.82) is 0 Å². The molecule has 3 atom stereocenters. The summed E-state index contributed by atoms with van der Waals surface area (Å²) < 4.78 is 2.26. The number of hydrogen-bond acceptors (Lipinski definition) is 3. The van der Waals surface area contributed by atoms with Crippen LogP contribution in [0.1, 0.15) is 18.7 Å². The highest BCUT2D eigenvalue weighted by Crippen LogP contribution is 2.33. The van der Waals surface area contributed by atoms with Gasteiger partial charge in [-0.25, -0.2) is 0 Å². The number of fused-ring (bicyclic) bond motifs is 2. The quantitative estimate of drug-likeness (QED) is 0.822. The van der Waals surface area contributed by atoms with Crippen LogP contribution in [0, 0.1) is 0 Å². The molecule has 0 fully saturated rings. The van der Waals surface area contributed by atoms with Crippen molar-refractivity contribution >= 4 is 10.9 Å². The van der Waals surface area contributed by atoms with Crippen molar-refractivity contribution in [2.45, 2.75) is 25.0 Å². The zero-order chi connectivity index (χ0) is 14.4. The number of para-hydroxylation sites is 1. The van der Waals surface area contributed by atoms with E-state index in [-0.39, 0.29) is 18.1 Å². The fourth-order valence-electron chi connectivity index (χ4n) is 3.30. The number of allylic oxidation sites excluding steroid dienone is 2. The Morgan fingerprint density at radius 1 is 1.14 bits per heavy atom. The summed E-state index contributed by atoms with van der Waals surface area (Å²) in [6.07, 6.45) is 8.43. The molecule has 1 aromatic heterocycles. The van der Waals surface area contributed by atoms with Crippen LogP contribution in [0.5, 0.6) is 0 Å². The molecule has 3 unspecified atom stereocenters. The van der Waals surface area contributed by atoms with Crippen molar-refractivity contribution in [3.63, 3.8) is 0 Å². The standard InChI is InChI=1S/C17H18N4/c1-12(21-16-10-6-4-8-14(16)18-19-21)17-11-13-7-3-5-9-15(13)20(17)2/h3-12,14,16H,1-2H3. The number of aromatic nitrogens is 1. The maximum absolute atomic E-state index is 4.41. The minimum Gasteiger partial charge on any atom is -0.346 e. The highest BCUT2D eigenvalue weighted by Gasteiger charge is 2.34. The summed E-state index contributed by atoms with van der Waals surface area (Å²) in [7, 11) is 2.12. The molecular weight excluding hydrogens is 260 g/mol. The molecule has 0 saturated heterocycles. The van der Waals surface area contributed by atoms with Gasteiger partial charge in [-0.3, -0.25) is 5.01 Å². The van der Waals surface area contributed by atoms with Crippen LogP contribution in [-0.2, 0) is 7.05 Å². The topological polar surface area (TPSA) is 32.9 Å². The van der Waals surface area contributed by atoms with Crippen LogP contribution in [0.3, 0.4) is 0 Å². The number of aryl methyl sites for hydroxylation is 1. The SMILES string of the molecule is CC(c1cc2ccccc2n1C)N1N=NC2C=CC=CC21. The molecule has 0 N–H and O–H groups in total. The maximum atomic E-state index is 4.41. The Balaban J connectivity index is 1.72. The molecule has 0 radical (unpaired) electrons. The highest BCUT2D eigenvalue weighted by molar-refractivity contribution is 5.81. The zero-order valence-corrected chi connectivity index (χ0v) is 12.2. The Bertz CT molecular complexity index is 768. The van der Waals surface area contributed by atoms with Crippen molar-refractivity contribution < 1.29 is 0 Å². The van der Waals surface area contributed by atoms with E-state index in [0.717, 1.165) is 0 Å². The van der Waals surface area contributed by atoms with Gasteiger partial charge in [0, 0.05) is 18.3 Å². The van der Waals surface area contributed by atoms with E-state index in [2.05, 4.69) is 82.4 Å². The van der Waals surface area contributed by atoms with Crippen molar-refractivity contribution in [3.05, 3.63) is 60.3 Å². The number of benzene rings is 1. The van der Waals surface area contributed by atoms with Crippen LogP contribution in [0.4, 0.5) is 0 Å². The molecule has 2 aliphatic rings. The highest BCUT2D eigenvalue weighted by atomic mass is 15.6. The lowest BCUT2D eigenvalue weighted by Gasteiger charge is -2.29. The van der Waals surface area contributed by atoms with Gasteiger partial charge in [-0.05, 0) is 24.4 Å². The number of nitrogens with zero attached hydrogens (tertiary/aromatic N) is 4. The van der Waals surface area contributed by atoms with E-state index in [0.29, 0.717) is 0 Å². The normalized spacial score (nSPS) is 24.8. The fourth-order valence-corrected chi connectivity index (χ4v) is 3.30. The van der Waals surface area contributed by atoms with E-state index in [1.54, 1.807) is 0 Å². The summed E-state index contributed by atoms with van der Waals surface area (Å²) in [6, 6.07) is 11.3. The van der Waals surface area contributed by atoms with Gasteiger partial charge < -0.3 is 4.57 Å². The first-order chi connectivity index (χ1) is 10.3. The molecule has 0 amide bonds. The van der Waals surface area contributed by atoms with Gasteiger partial charge in [0.05, 0.1) is 12.1 Å². The summed E-state index contributed by atoms with van der Waals surface area (Å²) >= 11 is 0. The van der Waals surface area contributed by atoms with Gasteiger partial charge in [0.2, 0.25) is 0 Å². The lowest BCUT2D eigenvalue weighted by Crippen LogP contribution is -2.35.